The zero-order valence-corrected chi connectivity index (χ0v) is 13.6. The van der Waals surface area contributed by atoms with E-state index in [9.17, 15) is 9.59 Å². The van der Waals surface area contributed by atoms with Crippen LogP contribution in [0.25, 0.3) is 0 Å². The Morgan fingerprint density at radius 1 is 1.12 bits per heavy atom. The van der Waals surface area contributed by atoms with Gasteiger partial charge in [-0.05, 0) is 38.0 Å². The minimum atomic E-state index is -0.117. The number of rotatable bonds is 3. The predicted octanol–water partition coefficient (Wildman–Crippen LogP) is 3.01. The SMILES string of the molecule is Cc1occc1C(=O)NC1CCN(C(=O)Nc2ccccc2)CC1. The number of urea groups is 1. The van der Waals surface area contributed by atoms with Crippen LogP contribution in [-0.2, 0) is 0 Å². The molecule has 24 heavy (non-hydrogen) atoms. The van der Waals surface area contributed by atoms with Crippen LogP contribution < -0.4 is 10.6 Å². The molecule has 6 heteroatoms. The van der Waals surface area contributed by atoms with E-state index < -0.39 is 0 Å². The standard InChI is InChI=1S/C18H21N3O3/c1-13-16(9-12-24-13)17(22)19-15-7-10-21(11-8-15)18(23)20-14-5-3-2-4-6-14/h2-6,9,12,15H,7-8,10-11H2,1H3,(H,19,22)(H,20,23). The molecule has 1 aliphatic heterocycles. The number of aryl methyl sites for hydroxylation is 1. The van der Waals surface area contributed by atoms with Crippen LogP contribution in [0, 0.1) is 6.92 Å². The van der Waals surface area contributed by atoms with Gasteiger partial charge in [0.1, 0.15) is 5.76 Å². The van der Waals surface area contributed by atoms with Crippen molar-refractivity contribution in [3.8, 4) is 0 Å². The number of nitrogens with zero attached hydrogens (tertiary/aromatic N) is 1. The van der Waals surface area contributed by atoms with Crippen LogP contribution in [0.1, 0.15) is 29.0 Å². The predicted molar refractivity (Wildman–Crippen MR) is 91.0 cm³/mol. The molecule has 0 atom stereocenters. The average Bonchev–Trinajstić information content (AvgIpc) is 3.02. The third-order valence-electron chi connectivity index (χ3n) is 4.25. The van der Waals surface area contributed by atoms with E-state index in [2.05, 4.69) is 10.6 Å². The highest BCUT2D eigenvalue weighted by atomic mass is 16.3. The molecule has 3 amide bonds. The monoisotopic (exact) mass is 327 g/mol. The lowest BCUT2D eigenvalue weighted by molar-refractivity contribution is 0.0917. The van der Waals surface area contributed by atoms with Crippen molar-refractivity contribution in [1.82, 2.24) is 10.2 Å². The van der Waals surface area contributed by atoms with Gasteiger partial charge in [0.2, 0.25) is 0 Å². The lowest BCUT2D eigenvalue weighted by Crippen LogP contribution is -2.47. The molecule has 1 saturated heterocycles. The Labute approximate surface area is 140 Å². The largest absolute Gasteiger partial charge is 0.469 e. The Kier molecular flexibility index (Phi) is 4.84. The molecular weight excluding hydrogens is 306 g/mol. The maximum Gasteiger partial charge on any atom is 0.321 e. The maximum absolute atomic E-state index is 12.2. The summed E-state index contributed by atoms with van der Waals surface area (Å²) in [6.07, 6.45) is 3.00. The van der Waals surface area contributed by atoms with E-state index in [-0.39, 0.29) is 18.0 Å². The molecule has 126 valence electrons. The molecule has 0 aliphatic carbocycles. The zero-order chi connectivity index (χ0) is 16.9. The zero-order valence-electron chi connectivity index (χ0n) is 13.6. The van der Waals surface area contributed by atoms with Gasteiger partial charge in [-0.25, -0.2) is 4.79 Å². The molecule has 0 unspecified atom stereocenters. The molecule has 1 aromatic carbocycles. The van der Waals surface area contributed by atoms with E-state index in [1.54, 1.807) is 17.9 Å². The third kappa shape index (κ3) is 3.76. The fraction of sp³-hybridized carbons (Fsp3) is 0.333. The molecule has 0 radical (unpaired) electrons. The fourth-order valence-electron chi connectivity index (χ4n) is 2.83. The number of benzene rings is 1. The lowest BCUT2D eigenvalue weighted by Gasteiger charge is -2.32. The van der Waals surface area contributed by atoms with E-state index in [1.807, 2.05) is 30.3 Å². The van der Waals surface area contributed by atoms with Crippen molar-refractivity contribution in [3.05, 3.63) is 54.0 Å². The second kappa shape index (κ2) is 7.21. The van der Waals surface area contributed by atoms with Crippen molar-refractivity contribution < 1.29 is 14.0 Å². The number of piperidine rings is 1. The number of anilines is 1. The molecular formula is C18H21N3O3. The summed E-state index contributed by atoms with van der Waals surface area (Å²) in [6.45, 7) is 3.01. The molecule has 1 aromatic heterocycles. The lowest BCUT2D eigenvalue weighted by atomic mass is 10.0. The highest BCUT2D eigenvalue weighted by Gasteiger charge is 2.24. The smallest absolute Gasteiger partial charge is 0.321 e. The summed E-state index contributed by atoms with van der Waals surface area (Å²) >= 11 is 0. The minimum Gasteiger partial charge on any atom is -0.469 e. The van der Waals surface area contributed by atoms with Gasteiger partial charge in [-0.3, -0.25) is 4.79 Å². The second-order valence-electron chi connectivity index (χ2n) is 5.92. The normalized spacial score (nSPS) is 15.1. The topological polar surface area (TPSA) is 74.6 Å². The molecule has 1 aliphatic rings. The molecule has 2 heterocycles. The van der Waals surface area contributed by atoms with E-state index in [1.165, 1.54) is 6.26 Å². The maximum atomic E-state index is 12.2. The summed E-state index contributed by atoms with van der Waals surface area (Å²) in [5, 5.41) is 5.90. The van der Waals surface area contributed by atoms with Crippen LogP contribution in [0.2, 0.25) is 0 Å². The molecule has 0 saturated carbocycles. The van der Waals surface area contributed by atoms with Gasteiger partial charge in [-0.1, -0.05) is 18.2 Å². The summed E-state index contributed by atoms with van der Waals surface area (Å²) < 4.78 is 5.16. The molecule has 0 bridgehead atoms. The van der Waals surface area contributed by atoms with Gasteiger partial charge < -0.3 is 20.0 Å². The van der Waals surface area contributed by atoms with Crippen LogP contribution in [0.3, 0.4) is 0 Å². The van der Waals surface area contributed by atoms with Crippen molar-refractivity contribution in [2.75, 3.05) is 18.4 Å². The number of para-hydroxylation sites is 1. The molecule has 0 spiro atoms. The van der Waals surface area contributed by atoms with Crippen LogP contribution in [-0.4, -0.2) is 36.0 Å². The Morgan fingerprint density at radius 3 is 2.46 bits per heavy atom. The number of nitrogens with one attached hydrogen (secondary N) is 2. The summed E-state index contributed by atoms with van der Waals surface area (Å²) in [7, 11) is 0. The first-order valence-electron chi connectivity index (χ1n) is 8.09. The van der Waals surface area contributed by atoms with Crippen molar-refractivity contribution in [2.45, 2.75) is 25.8 Å². The van der Waals surface area contributed by atoms with E-state index in [0.29, 0.717) is 24.4 Å². The van der Waals surface area contributed by atoms with Crippen LogP contribution in [0.4, 0.5) is 10.5 Å². The Bertz CT molecular complexity index is 703. The van der Waals surface area contributed by atoms with Crippen molar-refractivity contribution in [2.24, 2.45) is 0 Å². The van der Waals surface area contributed by atoms with E-state index >= 15 is 0 Å². The van der Waals surface area contributed by atoms with Gasteiger partial charge in [-0.15, -0.1) is 0 Å². The number of likely N-dealkylation sites (tertiary alicyclic amines) is 1. The van der Waals surface area contributed by atoms with Gasteiger partial charge in [-0.2, -0.15) is 0 Å². The molecule has 1 fully saturated rings. The Balaban J connectivity index is 1.48. The highest BCUT2D eigenvalue weighted by molar-refractivity contribution is 5.95. The van der Waals surface area contributed by atoms with Crippen molar-refractivity contribution >= 4 is 17.6 Å². The van der Waals surface area contributed by atoms with Crippen molar-refractivity contribution in [1.29, 1.82) is 0 Å². The number of carbonyl (C=O) groups is 2. The molecule has 3 rings (SSSR count). The summed E-state index contributed by atoms with van der Waals surface area (Å²) in [6, 6.07) is 11.0. The highest BCUT2D eigenvalue weighted by Crippen LogP contribution is 2.15. The average molecular weight is 327 g/mol. The number of furan rings is 1. The Hall–Kier alpha value is -2.76. The first kappa shape index (κ1) is 16.1. The van der Waals surface area contributed by atoms with Gasteiger partial charge in [0, 0.05) is 24.8 Å². The first-order chi connectivity index (χ1) is 11.6. The molecule has 2 aromatic rings. The van der Waals surface area contributed by atoms with Gasteiger partial charge in [0.05, 0.1) is 11.8 Å². The number of hydrogen-bond acceptors (Lipinski definition) is 3. The molecule has 2 N–H and O–H groups in total. The van der Waals surface area contributed by atoms with Gasteiger partial charge in [0.15, 0.2) is 0 Å². The quantitative estimate of drug-likeness (QED) is 0.910. The van der Waals surface area contributed by atoms with E-state index in [0.717, 1.165) is 18.5 Å². The Morgan fingerprint density at radius 2 is 1.83 bits per heavy atom. The van der Waals surface area contributed by atoms with Gasteiger partial charge >= 0.3 is 6.03 Å². The molecule has 6 nitrogen and oxygen atoms in total. The minimum absolute atomic E-state index is 0.0765. The summed E-state index contributed by atoms with van der Waals surface area (Å²) in [4.78, 5) is 26.2. The third-order valence-corrected chi connectivity index (χ3v) is 4.25. The fourth-order valence-corrected chi connectivity index (χ4v) is 2.83. The number of hydrogen-bond donors (Lipinski definition) is 2. The van der Waals surface area contributed by atoms with Crippen molar-refractivity contribution in [3.63, 3.8) is 0 Å². The van der Waals surface area contributed by atoms with Crippen LogP contribution >= 0.6 is 0 Å². The summed E-state index contributed by atoms with van der Waals surface area (Å²) in [5.74, 6) is 0.501. The van der Waals surface area contributed by atoms with Crippen LogP contribution in [0.5, 0.6) is 0 Å². The first-order valence-corrected chi connectivity index (χ1v) is 8.09. The second-order valence-corrected chi connectivity index (χ2v) is 5.92. The van der Waals surface area contributed by atoms with Crippen LogP contribution in [0.15, 0.2) is 47.1 Å². The number of carbonyl (C=O) groups excluding carboxylic acids is 2. The van der Waals surface area contributed by atoms with Gasteiger partial charge in [0.25, 0.3) is 5.91 Å². The number of amides is 3. The summed E-state index contributed by atoms with van der Waals surface area (Å²) in [5.41, 5.74) is 1.35. The van der Waals surface area contributed by atoms with E-state index in [4.69, 9.17) is 4.42 Å².